The second kappa shape index (κ2) is 3.83. The van der Waals surface area contributed by atoms with Crippen molar-refractivity contribution < 1.29 is 4.74 Å². The molecule has 1 heterocycles. The summed E-state index contributed by atoms with van der Waals surface area (Å²) >= 11 is 3.57. The van der Waals surface area contributed by atoms with Crippen molar-refractivity contribution in [2.24, 2.45) is 0 Å². The monoisotopic (exact) mass is 224 g/mol. The van der Waals surface area contributed by atoms with Gasteiger partial charge in [-0.05, 0) is 36.3 Å². The molecule has 1 aromatic carbocycles. The highest BCUT2D eigenvalue weighted by atomic mass is 32.2. The highest BCUT2D eigenvalue weighted by Gasteiger charge is 2.10. The van der Waals surface area contributed by atoms with Crippen molar-refractivity contribution in [2.45, 2.75) is 11.8 Å². The van der Waals surface area contributed by atoms with E-state index in [1.165, 1.54) is 20.5 Å². The van der Waals surface area contributed by atoms with Crippen LogP contribution in [-0.2, 0) is 0 Å². The van der Waals surface area contributed by atoms with Crippen molar-refractivity contribution in [3.63, 3.8) is 0 Å². The fourth-order valence-corrected chi connectivity index (χ4v) is 3.43. The molecule has 2 rings (SSSR count). The van der Waals surface area contributed by atoms with Gasteiger partial charge in [-0.25, -0.2) is 0 Å². The Morgan fingerprint density at radius 3 is 2.86 bits per heavy atom. The molecule has 0 unspecified atom stereocenters. The zero-order valence-electron chi connectivity index (χ0n) is 8.46. The van der Waals surface area contributed by atoms with Crippen LogP contribution in [0.1, 0.15) is 5.56 Å². The highest BCUT2D eigenvalue weighted by molar-refractivity contribution is 7.99. The van der Waals surface area contributed by atoms with E-state index in [0.717, 1.165) is 5.75 Å². The molecule has 0 spiro atoms. The number of methoxy groups -OCH3 is 1. The Morgan fingerprint density at radius 1 is 1.43 bits per heavy atom. The Labute approximate surface area is 92.1 Å². The quantitative estimate of drug-likeness (QED) is 0.715. The summed E-state index contributed by atoms with van der Waals surface area (Å²) in [7, 11) is 1.73. The second-order valence-corrected chi connectivity index (χ2v) is 4.86. The van der Waals surface area contributed by atoms with Gasteiger partial charge < -0.3 is 4.74 Å². The van der Waals surface area contributed by atoms with Crippen molar-refractivity contribution >= 4 is 33.2 Å². The van der Waals surface area contributed by atoms with Gasteiger partial charge in [0.2, 0.25) is 0 Å². The predicted molar refractivity (Wildman–Crippen MR) is 64.9 cm³/mol. The molecule has 0 saturated heterocycles. The van der Waals surface area contributed by atoms with Crippen LogP contribution in [-0.4, -0.2) is 13.4 Å². The molecular weight excluding hydrogens is 212 g/mol. The van der Waals surface area contributed by atoms with Gasteiger partial charge in [-0.1, -0.05) is 0 Å². The molecule has 2 aromatic rings. The van der Waals surface area contributed by atoms with Crippen molar-refractivity contribution in [1.82, 2.24) is 0 Å². The van der Waals surface area contributed by atoms with Crippen LogP contribution in [0.25, 0.3) is 10.1 Å². The van der Waals surface area contributed by atoms with Crippen molar-refractivity contribution in [3.05, 3.63) is 23.1 Å². The third kappa shape index (κ3) is 1.41. The topological polar surface area (TPSA) is 9.23 Å². The van der Waals surface area contributed by atoms with Crippen LogP contribution in [0.3, 0.4) is 0 Å². The van der Waals surface area contributed by atoms with Crippen LogP contribution in [0.15, 0.2) is 22.4 Å². The van der Waals surface area contributed by atoms with E-state index in [2.05, 4.69) is 30.7 Å². The Morgan fingerprint density at radius 2 is 2.21 bits per heavy atom. The van der Waals surface area contributed by atoms with Crippen LogP contribution >= 0.6 is 23.1 Å². The SMILES string of the molecule is COc1c(C)cc(SC)c2sccc12. The van der Waals surface area contributed by atoms with E-state index in [9.17, 15) is 0 Å². The standard InChI is InChI=1S/C11H12OS2/c1-7-6-9(13-3)11-8(4-5-14-11)10(7)12-2/h4-6H,1-3H3. The number of hydrogen-bond acceptors (Lipinski definition) is 3. The molecule has 0 aliphatic carbocycles. The molecule has 1 nitrogen and oxygen atoms in total. The van der Waals surface area contributed by atoms with E-state index in [0.29, 0.717) is 0 Å². The smallest absolute Gasteiger partial charge is 0.130 e. The minimum absolute atomic E-state index is 1.01. The lowest BCUT2D eigenvalue weighted by Gasteiger charge is -2.08. The number of aryl methyl sites for hydroxylation is 1. The van der Waals surface area contributed by atoms with E-state index in [-0.39, 0.29) is 0 Å². The Bertz CT molecular complexity index is 460. The van der Waals surface area contributed by atoms with Crippen LogP contribution in [0, 0.1) is 6.92 Å². The average Bonchev–Trinajstić information content (AvgIpc) is 2.65. The van der Waals surface area contributed by atoms with Gasteiger partial charge >= 0.3 is 0 Å². The zero-order valence-corrected chi connectivity index (χ0v) is 10.1. The van der Waals surface area contributed by atoms with Crippen LogP contribution in [0.2, 0.25) is 0 Å². The van der Waals surface area contributed by atoms with Gasteiger partial charge in [-0.3, -0.25) is 0 Å². The predicted octanol–water partition coefficient (Wildman–Crippen LogP) is 3.94. The normalized spacial score (nSPS) is 10.8. The molecule has 0 saturated carbocycles. The van der Waals surface area contributed by atoms with Gasteiger partial charge in [0.1, 0.15) is 5.75 Å². The lowest BCUT2D eigenvalue weighted by Crippen LogP contribution is -1.88. The molecule has 0 aliphatic heterocycles. The first-order valence-corrected chi connectivity index (χ1v) is 6.47. The van der Waals surface area contributed by atoms with E-state index in [1.54, 1.807) is 30.2 Å². The zero-order chi connectivity index (χ0) is 10.1. The molecule has 0 N–H and O–H groups in total. The first-order chi connectivity index (χ1) is 6.77. The average molecular weight is 224 g/mol. The van der Waals surface area contributed by atoms with Gasteiger partial charge in [0.05, 0.1) is 11.8 Å². The summed E-state index contributed by atoms with van der Waals surface area (Å²) in [5, 5.41) is 3.36. The molecule has 0 bridgehead atoms. The first kappa shape index (κ1) is 9.87. The summed E-state index contributed by atoms with van der Waals surface area (Å²) in [5.74, 6) is 1.01. The van der Waals surface area contributed by atoms with Crippen molar-refractivity contribution in [3.8, 4) is 5.75 Å². The second-order valence-electron chi connectivity index (χ2n) is 3.09. The summed E-state index contributed by atoms with van der Waals surface area (Å²) in [6.07, 6.45) is 2.11. The minimum atomic E-state index is 1.01. The van der Waals surface area contributed by atoms with Crippen molar-refractivity contribution in [2.75, 3.05) is 13.4 Å². The molecule has 3 heteroatoms. The molecule has 14 heavy (non-hydrogen) atoms. The van der Waals surface area contributed by atoms with Crippen LogP contribution in [0.5, 0.6) is 5.75 Å². The van der Waals surface area contributed by atoms with Crippen LogP contribution < -0.4 is 4.74 Å². The number of thioether (sulfide) groups is 1. The van der Waals surface area contributed by atoms with Gasteiger partial charge in [-0.15, -0.1) is 23.1 Å². The maximum Gasteiger partial charge on any atom is 0.130 e. The number of thiophene rings is 1. The number of fused-ring (bicyclic) bond motifs is 1. The summed E-state index contributed by atoms with van der Waals surface area (Å²) < 4.78 is 6.75. The Hall–Kier alpha value is -0.670. The Balaban J connectivity index is 2.81. The van der Waals surface area contributed by atoms with Gasteiger partial charge in [0, 0.05) is 10.3 Å². The van der Waals surface area contributed by atoms with E-state index >= 15 is 0 Å². The number of hydrogen-bond donors (Lipinski definition) is 0. The fraction of sp³-hybridized carbons (Fsp3) is 0.273. The number of benzene rings is 1. The molecule has 74 valence electrons. The van der Waals surface area contributed by atoms with E-state index in [1.807, 2.05) is 0 Å². The molecule has 1 aromatic heterocycles. The maximum atomic E-state index is 5.41. The molecule has 0 fully saturated rings. The van der Waals surface area contributed by atoms with E-state index in [4.69, 9.17) is 4.74 Å². The summed E-state index contributed by atoms with van der Waals surface area (Å²) in [5.41, 5.74) is 1.21. The summed E-state index contributed by atoms with van der Waals surface area (Å²) in [6.45, 7) is 2.09. The van der Waals surface area contributed by atoms with Crippen LogP contribution in [0.4, 0.5) is 0 Å². The number of ether oxygens (including phenoxy) is 1. The fourth-order valence-electron chi connectivity index (χ4n) is 1.64. The lowest BCUT2D eigenvalue weighted by molar-refractivity contribution is 0.416. The molecule has 0 radical (unpaired) electrons. The molecule has 0 atom stereocenters. The molecular formula is C11H12OS2. The van der Waals surface area contributed by atoms with Gasteiger partial charge in [0.25, 0.3) is 0 Å². The summed E-state index contributed by atoms with van der Waals surface area (Å²) in [4.78, 5) is 1.34. The number of rotatable bonds is 2. The third-order valence-corrected chi connectivity index (χ3v) is 4.10. The highest BCUT2D eigenvalue weighted by Crippen LogP contribution is 2.38. The molecule has 0 amide bonds. The lowest BCUT2D eigenvalue weighted by atomic mass is 10.1. The first-order valence-electron chi connectivity index (χ1n) is 4.36. The van der Waals surface area contributed by atoms with E-state index < -0.39 is 0 Å². The largest absolute Gasteiger partial charge is 0.496 e. The van der Waals surface area contributed by atoms with Crippen molar-refractivity contribution in [1.29, 1.82) is 0 Å². The molecule has 0 aliphatic rings. The summed E-state index contributed by atoms with van der Waals surface area (Å²) in [6, 6.07) is 4.33. The van der Waals surface area contributed by atoms with Gasteiger partial charge in [-0.2, -0.15) is 0 Å². The maximum absolute atomic E-state index is 5.41. The Kier molecular flexibility index (Phi) is 2.70. The minimum Gasteiger partial charge on any atom is -0.496 e. The van der Waals surface area contributed by atoms with Gasteiger partial charge in [0.15, 0.2) is 0 Å². The third-order valence-electron chi connectivity index (χ3n) is 2.26.